The summed E-state index contributed by atoms with van der Waals surface area (Å²) in [5, 5.41) is 9.92. The molecule has 41 heavy (non-hydrogen) atoms. The van der Waals surface area contributed by atoms with Crippen LogP contribution in [0.15, 0.2) is 30.3 Å². The Morgan fingerprint density at radius 3 is 2.27 bits per heavy atom. The van der Waals surface area contributed by atoms with E-state index in [0.717, 1.165) is 38.5 Å². The molecule has 234 valence electrons. The maximum atomic E-state index is 14.2. The second-order valence-corrected chi connectivity index (χ2v) is 14.1. The number of esters is 1. The summed E-state index contributed by atoms with van der Waals surface area (Å²) in [6.45, 7) is 5.68. The number of likely N-dealkylation sites (tertiary alicyclic amines) is 1. The minimum absolute atomic E-state index is 0. The van der Waals surface area contributed by atoms with E-state index in [0.29, 0.717) is 25.3 Å². The van der Waals surface area contributed by atoms with E-state index in [4.69, 9.17) is 9.26 Å². The number of hydrogen-bond acceptors (Lipinski definition) is 6. The van der Waals surface area contributed by atoms with Crippen LogP contribution in [0.5, 0.6) is 0 Å². The van der Waals surface area contributed by atoms with E-state index in [9.17, 15) is 24.1 Å². The number of aryl methyl sites for hydroxylation is 1. The van der Waals surface area contributed by atoms with E-state index >= 15 is 0 Å². The molecule has 1 aliphatic heterocycles. The molecule has 2 unspecified atom stereocenters. The average Bonchev–Trinajstić information content (AvgIpc) is 3.38. The molecule has 0 bridgehead atoms. The lowest BCUT2D eigenvalue weighted by Gasteiger charge is -2.30. The molecule has 1 aliphatic carbocycles. The number of carboxylic acids is 1. The minimum Gasteiger partial charge on any atom is -0.480 e. The Kier molecular flexibility index (Phi) is 16.7. The molecule has 11 heteroatoms. The number of carbonyl (C=O) groups is 3. The SMILES string of the molecule is CCC(=O)OC(OP(=O)(CCCCc1ccccc1)CC(=O)N1C[C@H](C2CCCCC2)C[C@H]1C(=O)O)C(C)C.S.S. The average molecular weight is 632 g/mol. The molecular formula is C30H50NO7PS2. The third-order valence-electron chi connectivity index (χ3n) is 8.07. The Morgan fingerprint density at radius 2 is 1.68 bits per heavy atom. The van der Waals surface area contributed by atoms with Crippen molar-refractivity contribution in [1.29, 1.82) is 0 Å². The third-order valence-corrected chi connectivity index (χ3v) is 10.4. The normalized spacial score (nSPS) is 21.3. The Hall–Kier alpha value is -1.48. The van der Waals surface area contributed by atoms with Crippen molar-refractivity contribution in [2.24, 2.45) is 17.8 Å². The van der Waals surface area contributed by atoms with Crippen LogP contribution in [0.4, 0.5) is 0 Å². The summed E-state index contributed by atoms with van der Waals surface area (Å²) < 4.78 is 25.7. The predicted molar refractivity (Wildman–Crippen MR) is 171 cm³/mol. The van der Waals surface area contributed by atoms with Gasteiger partial charge in [-0.2, -0.15) is 27.0 Å². The molecule has 1 N–H and O–H groups in total. The van der Waals surface area contributed by atoms with Gasteiger partial charge in [-0.05, 0) is 43.1 Å². The standard InChI is InChI=1S/C30H46NO7P.2H2S/c1-4-28(33)37-30(22(2)3)38-39(36,18-12-11-15-23-13-7-5-8-14-23)21-27(32)31-20-25(19-26(31)29(34)35)24-16-9-6-10-17-24;;/h5,7-8,13-14,22,24-26,30H,4,6,9-12,15-21H2,1-3H3,(H,34,35);2*1H2/t25-,26+,30?,39?;;/m1../s1. The van der Waals surface area contributed by atoms with Crippen molar-refractivity contribution >= 4 is 52.2 Å². The summed E-state index contributed by atoms with van der Waals surface area (Å²) in [6.07, 6.45) is 7.12. The zero-order chi connectivity index (χ0) is 28.4. The fourth-order valence-electron chi connectivity index (χ4n) is 5.80. The largest absolute Gasteiger partial charge is 0.480 e. The van der Waals surface area contributed by atoms with Crippen molar-refractivity contribution in [1.82, 2.24) is 4.90 Å². The first-order valence-electron chi connectivity index (χ1n) is 14.6. The molecule has 2 aliphatic rings. The van der Waals surface area contributed by atoms with Crippen LogP contribution in [0.1, 0.15) is 84.1 Å². The van der Waals surface area contributed by atoms with Gasteiger partial charge in [-0.15, -0.1) is 0 Å². The molecule has 0 aromatic heterocycles. The highest BCUT2D eigenvalue weighted by Gasteiger charge is 2.44. The highest BCUT2D eigenvalue weighted by molar-refractivity contribution is 7.60. The first-order chi connectivity index (χ1) is 18.6. The summed E-state index contributed by atoms with van der Waals surface area (Å²) in [5.74, 6) is -1.61. The van der Waals surface area contributed by atoms with Crippen molar-refractivity contribution in [3.8, 4) is 0 Å². The number of ether oxygens (including phenoxy) is 1. The molecule has 1 saturated carbocycles. The first-order valence-corrected chi connectivity index (χ1v) is 16.6. The second-order valence-electron chi connectivity index (χ2n) is 11.5. The summed E-state index contributed by atoms with van der Waals surface area (Å²) in [4.78, 5) is 39.2. The van der Waals surface area contributed by atoms with Gasteiger partial charge in [0.05, 0.1) is 0 Å². The van der Waals surface area contributed by atoms with Crippen LogP contribution in [-0.2, 0) is 34.6 Å². The molecule has 1 amide bonds. The topological polar surface area (TPSA) is 110 Å². The van der Waals surface area contributed by atoms with Crippen molar-refractivity contribution < 1.29 is 33.3 Å². The smallest absolute Gasteiger partial charge is 0.326 e. The van der Waals surface area contributed by atoms with Gasteiger partial charge in [0.15, 0.2) is 0 Å². The van der Waals surface area contributed by atoms with Gasteiger partial charge in [-0.25, -0.2) is 4.79 Å². The number of nitrogens with zero attached hydrogens (tertiary/aromatic N) is 1. The maximum Gasteiger partial charge on any atom is 0.326 e. The van der Waals surface area contributed by atoms with E-state index < -0.39 is 37.5 Å². The van der Waals surface area contributed by atoms with Crippen LogP contribution in [0.3, 0.4) is 0 Å². The van der Waals surface area contributed by atoms with E-state index in [2.05, 4.69) is 0 Å². The first kappa shape index (κ1) is 37.5. The van der Waals surface area contributed by atoms with Gasteiger partial charge in [0.2, 0.25) is 19.6 Å². The van der Waals surface area contributed by atoms with Gasteiger partial charge in [0, 0.05) is 25.0 Å². The monoisotopic (exact) mass is 631 g/mol. The van der Waals surface area contributed by atoms with Gasteiger partial charge in [0.25, 0.3) is 0 Å². The molecule has 1 aromatic carbocycles. The number of benzene rings is 1. The van der Waals surface area contributed by atoms with Gasteiger partial charge < -0.3 is 14.7 Å². The summed E-state index contributed by atoms with van der Waals surface area (Å²) in [6, 6.07) is 9.10. The molecule has 4 atom stereocenters. The quantitative estimate of drug-likeness (QED) is 0.110. The summed E-state index contributed by atoms with van der Waals surface area (Å²) in [5.41, 5.74) is 1.18. The Bertz CT molecular complexity index is 1000. The van der Waals surface area contributed by atoms with Crippen LogP contribution in [0, 0.1) is 17.8 Å². The van der Waals surface area contributed by atoms with Crippen LogP contribution in [-0.4, -0.2) is 59.1 Å². The van der Waals surface area contributed by atoms with Crippen molar-refractivity contribution in [3.05, 3.63) is 35.9 Å². The van der Waals surface area contributed by atoms with E-state index in [1.165, 1.54) is 16.9 Å². The molecule has 1 aromatic rings. The predicted octanol–water partition coefficient (Wildman–Crippen LogP) is 6.35. The molecule has 2 fully saturated rings. The van der Waals surface area contributed by atoms with E-state index in [1.807, 2.05) is 44.2 Å². The molecule has 1 saturated heterocycles. The summed E-state index contributed by atoms with van der Waals surface area (Å²) >= 11 is 0. The molecule has 8 nitrogen and oxygen atoms in total. The van der Waals surface area contributed by atoms with Gasteiger partial charge in [0.1, 0.15) is 12.2 Å². The highest BCUT2D eigenvalue weighted by atomic mass is 32.1. The lowest BCUT2D eigenvalue weighted by Crippen LogP contribution is -2.42. The van der Waals surface area contributed by atoms with Crippen molar-refractivity contribution in [3.63, 3.8) is 0 Å². The van der Waals surface area contributed by atoms with Gasteiger partial charge in [-0.3, -0.25) is 18.7 Å². The number of aliphatic carboxylic acids is 1. The van der Waals surface area contributed by atoms with Gasteiger partial charge in [-0.1, -0.05) is 83.2 Å². The number of rotatable bonds is 14. The zero-order valence-electron chi connectivity index (χ0n) is 24.8. The number of carboxylic acid groups (broad SMARTS) is 1. The molecule has 0 spiro atoms. The van der Waals surface area contributed by atoms with Crippen LogP contribution in [0.2, 0.25) is 0 Å². The Balaban J connectivity index is 0.00000420. The fourth-order valence-corrected chi connectivity index (χ4v) is 8.10. The number of hydrogen-bond donors (Lipinski definition) is 1. The molecular weight excluding hydrogens is 581 g/mol. The van der Waals surface area contributed by atoms with Crippen molar-refractivity contribution in [2.45, 2.75) is 97.3 Å². The molecule has 3 rings (SSSR count). The molecule has 0 radical (unpaired) electrons. The summed E-state index contributed by atoms with van der Waals surface area (Å²) in [7, 11) is -3.60. The number of amides is 1. The fraction of sp³-hybridized carbons (Fsp3) is 0.700. The van der Waals surface area contributed by atoms with E-state index in [1.54, 1.807) is 6.92 Å². The Morgan fingerprint density at radius 1 is 1.02 bits per heavy atom. The van der Waals surface area contributed by atoms with Crippen LogP contribution >= 0.6 is 34.4 Å². The minimum atomic E-state index is -3.60. The van der Waals surface area contributed by atoms with Crippen molar-refractivity contribution in [2.75, 3.05) is 18.9 Å². The number of unbranched alkanes of at least 4 members (excludes halogenated alkanes) is 1. The van der Waals surface area contributed by atoms with Crippen LogP contribution < -0.4 is 0 Å². The Labute approximate surface area is 259 Å². The van der Waals surface area contributed by atoms with Gasteiger partial charge >= 0.3 is 11.9 Å². The third kappa shape index (κ3) is 11.6. The highest BCUT2D eigenvalue weighted by Crippen LogP contribution is 2.51. The lowest BCUT2D eigenvalue weighted by atomic mass is 9.79. The maximum absolute atomic E-state index is 14.2. The van der Waals surface area contributed by atoms with E-state index in [-0.39, 0.29) is 57.6 Å². The van der Waals surface area contributed by atoms with Crippen LogP contribution in [0.25, 0.3) is 0 Å². The number of carbonyl (C=O) groups excluding carboxylic acids is 2. The second kappa shape index (κ2) is 18.2. The lowest BCUT2D eigenvalue weighted by molar-refractivity contribution is -0.169. The molecule has 1 heterocycles. The zero-order valence-corrected chi connectivity index (χ0v) is 27.7.